The van der Waals surface area contributed by atoms with Gasteiger partial charge in [0, 0.05) is 11.5 Å². The molecule has 0 aliphatic heterocycles. The second kappa shape index (κ2) is 5.34. The topological polar surface area (TPSA) is 43.4 Å². The third-order valence-electron chi connectivity index (χ3n) is 2.04. The SMILES string of the molecule is CC(C=O)c1cc(C=O)cc(OC(F)F)c1. The lowest BCUT2D eigenvalue weighted by Crippen LogP contribution is -2.04. The number of alkyl halides is 2. The van der Waals surface area contributed by atoms with Crippen LogP contribution in [0.2, 0.25) is 0 Å². The van der Waals surface area contributed by atoms with Crippen molar-refractivity contribution >= 4 is 12.6 Å². The molecular formula is C11H10F2O3. The third kappa shape index (κ3) is 3.12. The van der Waals surface area contributed by atoms with Crippen LogP contribution in [0.3, 0.4) is 0 Å². The number of hydrogen-bond donors (Lipinski definition) is 0. The molecule has 0 bridgehead atoms. The summed E-state index contributed by atoms with van der Waals surface area (Å²) in [5, 5.41) is 0. The summed E-state index contributed by atoms with van der Waals surface area (Å²) in [6.45, 7) is -1.36. The van der Waals surface area contributed by atoms with Crippen molar-refractivity contribution in [1.82, 2.24) is 0 Å². The van der Waals surface area contributed by atoms with E-state index in [0.29, 0.717) is 18.1 Å². The van der Waals surface area contributed by atoms with Gasteiger partial charge < -0.3 is 9.53 Å². The molecule has 5 heteroatoms. The first-order chi connectivity index (χ1) is 7.56. The van der Waals surface area contributed by atoms with Crippen LogP contribution in [-0.4, -0.2) is 19.2 Å². The summed E-state index contributed by atoms with van der Waals surface area (Å²) in [5.41, 5.74) is 0.664. The van der Waals surface area contributed by atoms with Crippen LogP contribution >= 0.6 is 0 Å². The third-order valence-corrected chi connectivity index (χ3v) is 2.04. The molecule has 0 fully saturated rings. The van der Waals surface area contributed by atoms with E-state index >= 15 is 0 Å². The van der Waals surface area contributed by atoms with Crippen LogP contribution in [0.25, 0.3) is 0 Å². The van der Waals surface area contributed by atoms with E-state index in [1.807, 2.05) is 0 Å². The summed E-state index contributed by atoms with van der Waals surface area (Å²) in [6.07, 6.45) is 1.18. The van der Waals surface area contributed by atoms with Crippen molar-refractivity contribution in [3.05, 3.63) is 29.3 Å². The Morgan fingerprint density at radius 2 is 1.94 bits per heavy atom. The van der Waals surface area contributed by atoms with Gasteiger partial charge in [-0.15, -0.1) is 0 Å². The minimum absolute atomic E-state index is 0.122. The van der Waals surface area contributed by atoms with Crippen molar-refractivity contribution in [3.63, 3.8) is 0 Å². The lowest BCUT2D eigenvalue weighted by atomic mass is 10.0. The smallest absolute Gasteiger partial charge is 0.387 e. The average molecular weight is 228 g/mol. The van der Waals surface area contributed by atoms with Gasteiger partial charge in [0.05, 0.1) is 0 Å². The van der Waals surface area contributed by atoms with Crippen LogP contribution in [0.4, 0.5) is 8.78 Å². The molecule has 1 rings (SSSR count). The summed E-state index contributed by atoms with van der Waals surface area (Å²) in [4.78, 5) is 21.1. The van der Waals surface area contributed by atoms with E-state index in [0.717, 1.165) is 0 Å². The molecule has 1 aromatic carbocycles. The molecule has 0 radical (unpaired) electrons. The van der Waals surface area contributed by atoms with E-state index in [4.69, 9.17) is 0 Å². The molecule has 0 N–H and O–H groups in total. The first-order valence-electron chi connectivity index (χ1n) is 4.57. The molecule has 1 unspecified atom stereocenters. The second-order valence-corrected chi connectivity index (χ2v) is 3.26. The lowest BCUT2D eigenvalue weighted by Gasteiger charge is -2.09. The zero-order chi connectivity index (χ0) is 12.1. The molecule has 1 atom stereocenters. The Labute approximate surface area is 91.0 Å². The Morgan fingerprint density at radius 3 is 2.44 bits per heavy atom. The maximum atomic E-state index is 12.0. The van der Waals surface area contributed by atoms with Gasteiger partial charge in [-0.1, -0.05) is 6.92 Å². The highest BCUT2D eigenvalue weighted by molar-refractivity contribution is 5.77. The Balaban J connectivity index is 3.09. The van der Waals surface area contributed by atoms with Crippen molar-refractivity contribution in [2.24, 2.45) is 0 Å². The van der Waals surface area contributed by atoms with E-state index in [1.165, 1.54) is 18.2 Å². The van der Waals surface area contributed by atoms with E-state index in [9.17, 15) is 18.4 Å². The summed E-state index contributed by atoms with van der Waals surface area (Å²) < 4.78 is 28.2. The van der Waals surface area contributed by atoms with Crippen molar-refractivity contribution in [3.8, 4) is 5.75 Å². The fraction of sp³-hybridized carbons (Fsp3) is 0.273. The van der Waals surface area contributed by atoms with Gasteiger partial charge in [-0.2, -0.15) is 8.78 Å². The fourth-order valence-corrected chi connectivity index (χ4v) is 1.23. The van der Waals surface area contributed by atoms with E-state index in [2.05, 4.69) is 4.74 Å². The Kier molecular flexibility index (Phi) is 4.10. The van der Waals surface area contributed by atoms with Crippen LogP contribution in [0.5, 0.6) is 5.75 Å². The number of ether oxygens (including phenoxy) is 1. The average Bonchev–Trinajstić information content (AvgIpc) is 2.26. The summed E-state index contributed by atoms with van der Waals surface area (Å²) in [6, 6.07) is 3.98. The van der Waals surface area contributed by atoms with Crippen LogP contribution < -0.4 is 4.74 Å². The van der Waals surface area contributed by atoms with Gasteiger partial charge in [0.1, 0.15) is 18.3 Å². The Hall–Kier alpha value is -1.78. The monoisotopic (exact) mass is 228 g/mol. The maximum Gasteiger partial charge on any atom is 0.387 e. The molecule has 1 aromatic rings. The fourth-order valence-electron chi connectivity index (χ4n) is 1.23. The van der Waals surface area contributed by atoms with Crippen LogP contribution in [0.15, 0.2) is 18.2 Å². The molecule has 3 nitrogen and oxygen atoms in total. The molecule has 0 saturated carbocycles. The van der Waals surface area contributed by atoms with Gasteiger partial charge in [0.25, 0.3) is 0 Å². The van der Waals surface area contributed by atoms with Gasteiger partial charge in [0.2, 0.25) is 0 Å². The molecule has 0 spiro atoms. The van der Waals surface area contributed by atoms with Crippen LogP contribution in [-0.2, 0) is 4.79 Å². The zero-order valence-corrected chi connectivity index (χ0v) is 8.52. The van der Waals surface area contributed by atoms with E-state index in [1.54, 1.807) is 6.92 Å². The molecule has 86 valence electrons. The minimum atomic E-state index is -2.96. The number of benzene rings is 1. The number of carbonyl (C=O) groups excluding carboxylic acids is 2. The van der Waals surface area contributed by atoms with Gasteiger partial charge in [-0.3, -0.25) is 4.79 Å². The normalized spacial score (nSPS) is 12.2. The molecular weight excluding hydrogens is 218 g/mol. The number of hydrogen-bond acceptors (Lipinski definition) is 3. The lowest BCUT2D eigenvalue weighted by molar-refractivity contribution is -0.108. The molecule has 0 amide bonds. The number of halogens is 2. The number of aldehydes is 2. The summed E-state index contributed by atoms with van der Waals surface area (Å²) >= 11 is 0. The van der Waals surface area contributed by atoms with Crippen molar-refractivity contribution in [1.29, 1.82) is 0 Å². The predicted octanol–water partition coefficient (Wildman–Crippen LogP) is 2.40. The largest absolute Gasteiger partial charge is 0.435 e. The molecule has 0 aliphatic rings. The first-order valence-corrected chi connectivity index (χ1v) is 4.57. The van der Waals surface area contributed by atoms with Gasteiger partial charge in [-0.25, -0.2) is 0 Å². The Morgan fingerprint density at radius 1 is 1.25 bits per heavy atom. The van der Waals surface area contributed by atoms with Crippen molar-refractivity contribution in [2.75, 3.05) is 0 Å². The van der Waals surface area contributed by atoms with Crippen molar-refractivity contribution in [2.45, 2.75) is 19.5 Å². The standard InChI is InChI=1S/C11H10F2O3/c1-7(5-14)9-2-8(6-15)3-10(4-9)16-11(12)13/h2-7,11H,1H3. The van der Waals surface area contributed by atoms with Crippen molar-refractivity contribution < 1.29 is 23.1 Å². The highest BCUT2D eigenvalue weighted by Crippen LogP contribution is 2.23. The molecule has 0 saturated heterocycles. The molecule has 16 heavy (non-hydrogen) atoms. The number of rotatable bonds is 5. The van der Waals surface area contributed by atoms with E-state index in [-0.39, 0.29) is 11.3 Å². The summed E-state index contributed by atoms with van der Waals surface area (Å²) in [7, 11) is 0. The Bertz CT molecular complexity index is 391. The number of carbonyl (C=O) groups is 2. The molecule has 0 heterocycles. The predicted molar refractivity (Wildman–Crippen MR) is 52.9 cm³/mol. The first kappa shape index (κ1) is 12.3. The minimum Gasteiger partial charge on any atom is -0.435 e. The van der Waals surface area contributed by atoms with Gasteiger partial charge in [0.15, 0.2) is 0 Å². The summed E-state index contributed by atoms with van der Waals surface area (Å²) in [5.74, 6) is -0.594. The van der Waals surface area contributed by atoms with E-state index < -0.39 is 12.5 Å². The zero-order valence-electron chi connectivity index (χ0n) is 8.52. The highest BCUT2D eigenvalue weighted by Gasteiger charge is 2.10. The second-order valence-electron chi connectivity index (χ2n) is 3.26. The maximum absolute atomic E-state index is 12.0. The van der Waals surface area contributed by atoms with Gasteiger partial charge in [-0.05, 0) is 23.8 Å². The van der Waals surface area contributed by atoms with Gasteiger partial charge >= 0.3 is 6.61 Å². The van der Waals surface area contributed by atoms with Crippen LogP contribution in [0, 0.1) is 0 Å². The highest BCUT2D eigenvalue weighted by atomic mass is 19.3. The molecule has 0 aliphatic carbocycles. The molecule has 0 aromatic heterocycles. The van der Waals surface area contributed by atoms with Crippen LogP contribution in [0.1, 0.15) is 28.8 Å². The quantitative estimate of drug-likeness (QED) is 0.727.